The lowest BCUT2D eigenvalue weighted by Gasteiger charge is -2.31. The first-order valence-corrected chi connectivity index (χ1v) is 6.75. The molecule has 0 radical (unpaired) electrons. The molecule has 0 aromatic heterocycles. The van der Waals surface area contributed by atoms with E-state index in [1.165, 1.54) is 4.90 Å². The third kappa shape index (κ3) is 2.60. The molecule has 2 aliphatic heterocycles. The number of fused-ring (bicyclic) bond motifs is 1. The average Bonchev–Trinajstić information content (AvgIpc) is 2.53. The molecule has 22 heavy (non-hydrogen) atoms. The normalized spacial score (nSPS) is 20.6. The molecular formula is C14H14N2O6. The Kier molecular flexibility index (Phi) is 3.68. The zero-order chi connectivity index (χ0) is 15.7. The van der Waals surface area contributed by atoms with Crippen molar-refractivity contribution in [3.63, 3.8) is 0 Å². The Morgan fingerprint density at radius 1 is 1.36 bits per heavy atom. The van der Waals surface area contributed by atoms with Gasteiger partial charge in [0.2, 0.25) is 0 Å². The smallest absolute Gasteiger partial charge is 0.334 e. The summed E-state index contributed by atoms with van der Waals surface area (Å²) in [4.78, 5) is 36.3. The van der Waals surface area contributed by atoms with E-state index < -0.39 is 12.1 Å². The second kappa shape index (κ2) is 5.64. The highest BCUT2D eigenvalue weighted by Crippen LogP contribution is 2.32. The molecule has 8 nitrogen and oxygen atoms in total. The second-order valence-electron chi connectivity index (χ2n) is 4.97. The number of ether oxygens (including phenoxy) is 2. The van der Waals surface area contributed by atoms with E-state index in [0.29, 0.717) is 23.5 Å². The summed E-state index contributed by atoms with van der Waals surface area (Å²) in [5, 5.41) is 11.6. The van der Waals surface area contributed by atoms with Crippen LogP contribution in [0, 0.1) is 0 Å². The van der Waals surface area contributed by atoms with Gasteiger partial charge < -0.3 is 24.8 Å². The number of nitrogens with zero attached hydrogens (tertiary/aromatic N) is 1. The highest BCUT2D eigenvalue weighted by atomic mass is 16.5. The predicted octanol–water partition coefficient (Wildman–Crippen LogP) is -0.0569. The van der Waals surface area contributed by atoms with Gasteiger partial charge in [0, 0.05) is 6.54 Å². The van der Waals surface area contributed by atoms with Crippen LogP contribution in [-0.4, -0.2) is 60.2 Å². The first-order valence-electron chi connectivity index (χ1n) is 6.75. The predicted molar refractivity (Wildman–Crippen MR) is 73.8 cm³/mol. The summed E-state index contributed by atoms with van der Waals surface area (Å²) in [7, 11) is 0. The van der Waals surface area contributed by atoms with Crippen molar-refractivity contribution in [3.05, 3.63) is 23.8 Å². The minimum Gasteiger partial charge on any atom is -0.481 e. The van der Waals surface area contributed by atoms with E-state index in [1.807, 2.05) is 0 Å². The number of carboxylic acid groups (broad SMARTS) is 1. The van der Waals surface area contributed by atoms with E-state index in [4.69, 9.17) is 14.6 Å². The van der Waals surface area contributed by atoms with Gasteiger partial charge in [-0.05, 0) is 12.1 Å². The number of anilines is 1. The fraction of sp³-hybridized carbons (Fsp3) is 0.357. The number of carboxylic acids is 1. The van der Waals surface area contributed by atoms with Crippen LogP contribution < -0.4 is 10.1 Å². The number of nitrogens with one attached hydrogen (secondary N) is 1. The van der Waals surface area contributed by atoms with E-state index in [0.717, 1.165) is 0 Å². The van der Waals surface area contributed by atoms with Crippen LogP contribution >= 0.6 is 0 Å². The third-order valence-corrected chi connectivity index (χ3v) is 3.50. The molecule has 0 saturated carbocycles. The molecule has 2 amide bonds. The Bertz CT molecular complexity index is 644. The molecule has 1 aromatic carbocycles. The molecule has 0 spiro atoms. The van der Waals surface area contributed by atoms with Gasteiger partial charge in [0.25, 0.3) is 11.8 Å². The number of rotatable bonds is 2. The number of aliphatic carboxylic acids is 1. The van der Waals surface area contributed by atoms with Crippen LogP contribution in [0.3, 0.4) is 0 Å². The molecule has 1 atom stereocenters. The summed E-state index contributed by atoms with van der Waals surface area (Å²) in [5.41, 5.74) is 0.730. The summed E-state index contributed by atoms with van der Waals surface area (Å²) in [5.74, 6) is -1.42. The van der Waals surface area contributed by atoms with Crippen LogP contribution in [0.1, 0.15) is 10.4 Å². The molecule has 1 saturated heterocycles. The van der Waals surface area contributed by atoms with E-state index in [-0.39, 0.29) is 31.6 Å². The Balaban J connectivity index is 1.85. The van der Waals surface area contributed by atoms with Gasteiger partial charge in [-0.1, -0.05) is 6.07 Å². The third-order valence-electron chi connectivity index (χ3n) is 3.50. The Morgan fingerprint density at radius 3 is 2.95 bits per heavy atom. The summed E-state index contributed by atoms with van der Waals surface area (Å²) in [6.45, 7) is 0.288. The molecule has 1 aromatic rings. The molecule has 1 fully saturated rings. The summed E-state index contributed by atoms with van der Waals surface area (Å²) >= 11 is 0. The lowest BCUT2D eigenvalue weighted by Crippen LogP contribution is -2.48. The lowest BCUT2D eigenvalue weighted by atomic mass is 10.1. The van der Waals surface area contributed by atoms with E-state index >= 15 is 0 Å². The van der Waals surface area contributed by atoms with E-state index in [1.54, 1.807) is 18.2 Å². The van der Waals surface area contributed by atoms with Gasteiger partial charge in [-0.2, -0.15) is 0 Å². The molecule has 116 valence electrons. The minimum atomic E-state index is -1.10. The highest BCUT2D eigenvalue weighted by Gasteiger charge is 2.32. The number of benzene rings is 1. The van der Waals surface area contributed by atoms with Crippen LogP contribution in [0.2, 0.25) is 0 Å². The molecule has 2 heterocycles. The van der Waals surface area contributed by atoms with Gasteiger partial charge in [-0.3, -0.25) is 9.59 Å². The Hall–Kier alpha value is -2.61. The summed E-state index contributed by atoms with van der Waals surface area (Å²) < 4.78 is 10.4. The van der Waals surface area contributed by atoms with Crippen molar-refractivity contribution < 1.29 is 29.0 Å². The summed E-state index contributed by atoms with van der Waals surface area (Å²) in [6, 6.07) is 4.86. The van der Waals surface area contributed by atoms with Crippen molar-refractivity contribution in [1.29, 1.82) is 0 Å². The van der Waals surface area contributed by atoms with Crippen LogP contribution in [0.15, 0.2) is 18.2 Å². The molecule has 2 N–H and O–H groups in total. The first kappa shape index (κ1) is 14.3. The van der Waals surface area contributed by atoms with Crippen molar-refractivity contribution >= 4 is 23.5 Å². The van der Waals surface area contributed by atoms with Crippen molar-refractivity contribution in [2.45, 2.75) is 6.10 Å². The quantitative estimate of drug-likeness (QED) is 0.793. The van der Waals surface area contributed by atoms with Gasteiger partial charge in [-0.15, -0.1) is 0 Å². The number of amides is 2. The van der Waals surface area contributed by atoms with E-state index in [9.17, 15) is 14.4 Å². The maximum absolute atomic E-state index is 12.6. The Labute approximate surface area is 125 Å². The molecule has 0 bridgehead atoms. The molecule has 2 aliphatic rings. The van der Waals surface area contributed by atoms with Crippen molar-refractivity contribution in [1.82, 2.24) is 4.90 Å². The van der Waals surface area contributed by atoms with Crippen molar-refractivity contribution in [2.24, 2.45) is 0 Å². The Morgan fingerprint density at radius 2 is 2.18 bits per heavy atom. The maximum Gasteiger partial charge on any atom is 0.334 e. The van der Waals surface area contributed by atoms with Crippen molar-refractivity contribution in [3.8, 4) is 5.75 Å². The second-order valence-corrected chi connectivity index (χ2v) is 4.97. The number of hydrogen-bond acceptors (Lipinski definition) is 5. The van der Waals surface area contributed by atoms with Gasteiger partial charge >= 0.3 is 5.97 Å². The topological polar surface area (TPSA) is 105 Å². The van der Waals surface area contributed by atoms with Crippen molar-refractivity contribution in [2.75, 3.05) is 31.6 Å². The van der Waals surface area contributed by atoms with Gasteiger partial charge in [0.1, 0.15) is 0 Å². The highest BCUT2D eigenvalue weighted by molar-refractivity contribution is 6.03. The van der Waals surface area contributed by atoms with Gasteiger partial charge in [-0.25, -0.2) is 4.79 Å². The first-order chi connectivity index (χ1) is 10.6. The van der Waals surface area contributed by atoms with Crippen LogP contribution in [0.5, 0.6) is 5.75 Å². The average molecular weight is 306 g/mol. The van der Waals surface area contributed by atoms with Gasteiger partial charge in [0.05, 0.1) is 24.4 Å². The molecule has 3 rings (SSSR count). The van der Waals surface area contributed by atoms with E-state index in [2.05, 4.69) is 5.32 Å². The molecular weight excluding hydrogens is 292 g/mol. The van der Waals surface area contributed by atoms with Crippen LogP contribution in [-0.2, 0) is 14.3 Å². The number of hydrogen-bond donors (Lipinski definition) is 2. The maximum atomic E-state index is 12.6. The fourth-order valence-corrected chi connectivity index (χ4v) is 2.44. The molecule has 0 aliphatic carbocycles. The zero-order valence-corrected chi connectivity index (χ0v) is 11.6. The largest absolute Gasteiger partial charge is 0.481 e. The molecule has 1 unspecified atom stereocenters. The standard InChI is InChI=1S/C14H14N2O6/c17-11-7-22-12-8(2-1-3-9(12)15-11)13(18)16-4-5-21-10(6-16)14(19)20/h1-3,10H,4-7H2,(H,15,17)(H,19,20). The minimum absolute atomic E-state index is 0.0236. The summed E-state index contributed by atoms with van der Waals surface area (Å²) in [6.07, 6.45) is -1.03. The number of morpholine rings is 1. The van der Waals surface area contributed by atoms with Crippen LogP contribution in [0.4, 0.5) is 5.69 Å². The molecule has 8 heteroatoms. The number of para-hydroxylation sites is 1. The lowest BCUT2D eigenvalue weighted by molar-refractivity contribution is -0.154. The monoisotopic (exact) mass is 306 g/mol. The fourth-order valence-electron chi connectivity index (χ4n) is 2.44. The van der Waals surface area contributed by atoms with Crippen LogP contribution in [0.25, 0.3) is 0 Å². The van der Waals surface area contributed by atoms with Gasteiger partial charge in [0.15, 0.2) is 18.5 Å². The SMILES string of the molecule is O=C1COc2c(cccc2C(=O)N2CCOC(C(=O)O)C2)N1. The number of carbonyl (C=O) groups excluding carboxylic acids is 2. The zero-order valence-electron chi connectivity index (χ0n) is 11.6. The number of carbonyl (C=O) groups is 3.